The Morgan fingerprint density at radius 3 is 2.42 bits per heavy atom. The van der Waals surface area contributed by atoms with Gasteiger partial charge in [0.1, 0.15) is 35.5 Å². The van der Waals surface area contributed by atoms with Gasteiger partial charge in [0.05, 0.1) is 17.8 Å². The third-order valence-corrected chi connectivity index (χ3v) is 6.97. The van der Waals surface area contributed by atoms with Gasteiger partial charge in [-0.3, -0.25) is 0 Å². The maximum atomic E-state index is 13.6. The highest BCUT2D eigenvalue weighted by Crippen LogP contribution is 2.41. The van der Waals surface area contributed by atoms with E-state index in [1.807, 2.05) is 0 Å². The van der Waals surface area contributed by atoms with Gasteiger partial charge in [-0.05, 0) is 30.3 Å². The van der Waals surface area contributed by atoms with Crippen molar-refractivity contribution in [2.45, 2.75) is 34.7 Å². The summed E-state index contributed by atoms with van der Waals surface area (Å²) >= 11 is 13.2. The van der Waals surface area contributed by atoms with Crippen LogP contribution in [0.1, 0.15) is 6.04 Å². The first-order chi connectivity index (χ1) is 15.7. The van der Waals surface area contributed by atoms with Gasteiger partial charge in [0.15, 0.2) is 17.5 Å². The molecule has 1 aromatic heterocycles. The summed E-state index contributed by atoms with van der Waals surface area (Å²) in [4.78, 5) is 0.497. The molecule has 4 rings (SSSR count). The van der Waals surface area contributed by atoms with E-state index in [0.717, 1.165) is 28.6 Å². The standard InChI is InChI=1S/C20H16Cl2F3N3O4S/c21-9-1-2-10(22)15(5-9)33-20-19(31)17(18(30)14(7-29)32-20)28-6-13(26-27-28)8-3-11(23)16(25)12(24)4-8/h1-6,14,17-20,29-31H,7H2. The van der Waals surface area contributed by atoms with E-state index in [1.54, 1.807) is 18.2 Å². The van der Waals surface area contributed by atoms with Crippen molar-refractivity contribution in [2.75, 3.05) is 6.61 Å². The third-order valence-electron chi connectivity index (χ3n) is 5.08. The van der Waals surface area contributed by atoms with Gasteiger partial charge in [0.2, 0.25) is 0 Å². The van der Waals surface area contributed by atoms with Gasteiger partial charge in [-0.2, -0.15) is 0 Å². The lowest BCUT2D eigenvalue weighted by Crippen LogP contribution is -2.55. The van der Waals surface area contributed by atoms with Crippen LogP contribution in [0, 0.1) is 17.5 Å². The molecule has 7 nitrogen and oxygen atoms in total. The van der Waals surface area contributed by atoms with Crippen molar-refractivity contribution in [3.05, 3.63) is 64.0 Å². The van der Waals surface area contributed by atoms with E-state index in [0.29, 0.717) is 14.9 Å². The predicted molar refractivity (Wildman–Crippen MR) is 114 cm³/mol. The number of aliphatic hydroxyl groups excluding tert-OH is 3. The number of halogens is 5. The number of hydrogen-bond donors (Lipinski definition) is 3. The summed E-state index contributed by atoms with van der Waals surface area (Å²) in [7, 11) is 0. The molecule has 13 heteroatoms. The summed E-state index contributed by atoms with van der Waals surface area (Å²) in [6.45, 7) is -0.569. The molecule has 5 unspecified atom stereocenters. The molecule has 0 saturated carbocycles. The average Bonchev–Trinajstić information content (AvgIpc) is 3.26. The summed E-state index contributed by atoms with van der Waals surface area (Å²) in [6.07, 6.45) is -2.65. The first-order valence-corrected chi connectivity index (χ1v) is 11.1. The van der Waals surface area contributed by atoms with Gasteiger partial charge in [0, 0.05) is 15.5 Å². The van der Waals surface area contributed by atoms with Crippen LogP contribution in [-0.4, -0.2) is 60.7 Å². The lowest BCUT2D eigenvalue weighted by atomic mass is 9.97. The number of benzene rings is 2. The normalized spacial score (nSPS) is 25.4. The van der Waals surface area contributed by atoms with Crippen molar-refractivity contribution >= 4 is 35.0 Å². The zero-order chi connectivity index (χ0) is 23.9. The molecule has 0 radical (unpaired) electrons. The van der Waals surface area contributed by atoms with Crippen LogP contribution in [-0.2, 0) is 4.74 Å². The van der Waals surface area contributed by atoms with Crippen LogP contribution in [0.2, 0.25) is 10.0 Å². The molecule has 0 bridgehead atoms. The fourth-order valence-corrected chi connectivity index (χ4v) is 5.04. The predicted octanol–water partition coefficient (Wildman–Crippen LogP) is 3.44. The summed E-state index contributed by atoms with van der Waals surface area (Å²) < 4.78 is 47.2. The zero-order valence-electron chi connectivity index (χ0n) is 16.4. The SMILES string of the molecule is OCC1OC(Sc2cc(Cl)ccc2Cl)C(O)C(n2cc(-c3cc(F)c(F)c(F)c3)nn2)C1O. The highest BCUT2D eigenvalue weighted by Gasteiger charge is 2.46. The molecule has 0 aliphatic carbocycles. The van der Waals surface area contributed by atoms with Crippen molar-refractivity contribution < 1.29 is 33.2 Å². The Morgan fingerprint density at radius 2 is 1.76 bits per heavy atom. The largest absolute Gasteiger partial charge is 0.394 e. The van der Waals surface area contributed by atoms with Crippen molar-refractivity contribution in [2.24, 2.45) is 0 Å². The molecule has 1 aliphatic rings. The molecule has 1 aliphatic heterocycles. The summed E-state index contributed by atoms with van der Waals surface area (Å²) in [6, 6.07) is 5.08. The molecule has 3 aromatic rings. The van der Waals surface area contributed by atoms with E-state index < -0.39 is 53.8 Å². The van der Waals surface area contributed by atoms with Crippen molar-refractivity contribution in [1.29, 1.82) is 0 Å². The minimum absolute atomic E-state index is 0.0265. The van der Waals surface area contributed by atoms with Crippen LogP contribution >= 0.6 is 35.0 Å². The molecule has 0 spiro atoms. The summed E-state index contributed by atoms with van der Waals surface area (Å²) in [5, 5.41) is 39.8. The number of aliphatic hydroxyl groups is 3. The minimum atomic E-state index is -1.62. The van der Waals surface area contributed by atoms with Crippen LogP contribution < -0.4 is 0 Å². The second-order valence-corrected chi connectivity index (χ2v) is 9.21. The van der Waals surface area contributed by atoms with E-state index in [2.05, 4.69) is 10.3 Å². The highest BCUT2D eigenvalue weighted by atomic mass is 35.5. The number of thioether (sulfide) groups is 1. The number of rotatable bonds is 5. The second kappa shape index (κ2) is 9.79. The molecule has 2 heterocycles. The van der Waals surface area contributed by atoms with Gasteiger partial charge in [0.25, 0.3) is 0 Å². The molecular weight excluding hydrogens is 506 g/mol. The molecule has 176 valence electrons. The second-order valence-electron chi connectivity index (χ2n) is 7.23. The van der Waals surface area contributed by atoms with Crippen LogP contribution in [0.5, 0.6) is 0 Å². The Hall–Kier alpha value is -1.86. The monoisotopic (exact) mass is 521 g/mol. The van der Waals surface area contributed by atoms with Crippen molar-refractivity contribution in [3.63, 3.8) is 0 Å². The third kappa shape index (κ3) is 4.85. The minimum Gasteiger partial charge on any atom is -0.394 e. The molecule has 33 heavy (non-hydrogen) atoms. The molecular formula is C20H16Cl2F3N3O4S. The lowest BCUT2D eigenvalue weighted by Gasteiger charge is -2.41. The van der Waals surface area contributed by atoms with Crippen molar-refractivity contribution in [1.82, 2.24) is 15.0 Å². The molecule has 1 fully saturated rings. The van der Waals surface area contributed by atoms with Crippen LogP contribution in [0.15, 0.2) is 41.4 Å². The van der Waals surface area contributed by atoms with E-state index in [4.69, 9.17) is 27.9 Å². The maximum absolute atomic E-state index is 13.6. The number of hydrogen-bond acceptors (Lipinski definition) is 7. The highest BCUT2D eigenvalue weighted by molar-refractivity contribution is 8.00. The van der Waals surface area contributed by atoms with Crippen molar-refractivity contribution in [3.8, 4) is 11.3 Å². The smallest absolute Gasteiger partial charge is 0.194 e. The Morgan fingerprint density at radius 1 is 1.06 bits per heavy atom. The summed E-state index contributed by atoms with van der Waals surface area (Å²) in [5.74, 6) is -4.42. The van der Waals surface area contributed by atoms with Gasteiger partial charge < -0.3 is 20.1 Å². The number of nitrogens with zero attached hydrogens (tertiary/aromatic N) is 3. The number of ether oxygens (including phenoxy) is 1. The van der Waals surface area contributed by atoms with Crippen LogP contribution in [0.4, 0.5) is 13.2 Å². The van der Waals surface area contributed by atoms with Gasteiger partial charge in [-0.1, -0.05) is 40.2 Å². The van der Waals surface area contributed by atoms with E-state index in [1.165, 1.54) is 6.20 Å². The molecule has 5 atom stereocenters. The van der Waals surface area contributed by atoms with Gasteiger partial charge in [-0.15, -0.1) is 5.10 Å². The average molecular weight is 522 g/mol. The van der Waals surface area contributed by atoms with Crippen LogP contribution in [0.25, 0.3) is 11.3 Å². The van der Waals surface area contributed by atoms with E-state index >= 15 is 0 Å². The fraction of sp³-hybridized carbons (Fsp3) is 0.300. The van der Waals surface area contributed by atoms with Gasteiger partial charge in [-0.25, -0.2) is 17.9 Å². The van der Waals surface area contributed by atoms with Gasteiger partial charge >= 0.3 is 0 Å². The maximum Gasteiger partial charge on any atom is 0.194 e. The van der Waals surface area contributed by atoms with E-state index in [9.17, 15) is 28.5 Å². The number of aromatic nitrogens is 3. The quantitative estimate of drug-likeness (QED) is 0.442. The summed E-state index contributed by atoms with van der Waals surface area (Å²) in [5.41, 5.74) is -1.12. The van der Waals surface area contributed by atoms with E-state index in [-0.39, 0.29) is 11.3 Å². The first kappa shape index (κ1) is 24.3. The Labute approximate surface area is 199 Å². The Kier molecular flexibility index (Phi) is 7.20. The molecule has 1 saturated heterocycles. The molecule has 2 aromatic carbocycles. The Bertz CT molecular complexity index is 1150. The first-order valence-electron chi connectivity index (χ1n) is 9.50. The Balaban J connectivity index is 1.65. The van der Waals surface area contributed by atoms with Crippen LogP contribution in [0.3, 0.4) is 0 Å². The molecule has 3 N–H and O–H groups in total. The lowest BCUT2D eigenvalue weighted by molar-refractivity contribution is -0.178. The topological polar surface area (TPSA) is 101 Å². The fourth-order valence-electron chi connectivity index (χ4n) is 3.43. The molecule has 0 amide bonds. The zero-order valence-corrected chi connectivity index (χ0v) is 18.8.